The van der Waals surface area contributed by atoms with Gasteiger partial charge in [0.1, 0.15) is 11.5 Å². The van der Waals surface area contributed by atoms with Crippen molar-refractivity contribution in [1.82, 2.24) is 9.80 Å². The van der Waals surface area contributed by atoms with Gasteiger partial charge in [-0.1, -0.05) is 6.07 Å². The lowest BCUT2D eigenvalue weighted by Crippen LogP contribution is -2.52. The van der Waals surface area contributed by atoms with Crippen molar-refractivity contribution in [3.63, 3.8) is 0 Å². The van der Waals surface area contributed by atoms with Gasteiger partial charge in [0.25, 0.3) is 0 Å². The van der Waals surface area contributed by atoms with Crippen LogP contribution in [0.1, 0.15) is 9.67 Å². The van der Waals surface area contributed by atoms with Crippen LogP contribution in [0, 0.1) is 0 Å². The molecule has 0 N–H and O–H groups in total. The predicted octanol–water partition coefficient (Wildman–Crippen LogP) is 1.61. The smallest absolute Gasteiger partial charge is 0.460 e. The number of thiophene rings is 1. The first kappa shape index (κ1) is 16.8. The lowest BCUT2D eigenvalue weighted by molar-refractivity contribution is -0.187. The highest BCUT2D eigenvalue weighted by molar-refractivity contribution is 7.11. The van der Waals surface area contributed by atoms with Crippen molar-refractivity contribution in [2.45, 2.75) is 6.18 Å². The maximum atomic E-state index is 12.3. The summed E-state index contributed by atoms with van der Waals surface area (Å²) in [6, 6.07) is 3.41. The van der Waals surface area contributed by atoms with Crippen LogP contribution >= 0.6 is 11.3 Å². The maximum Gasteiger partial charge on any atom is 0.471 e. The van der Waals surface area contributed by atoms with Crippen LogP contribution in [-0.2, 0) is 9.53 Å². The van der Waals surface area contributed by atoms with Crippen molar-refractivity contribution >= 4 is 23.2 Å². The highest BCUT2D eigenvalue weighted by Gasteiger charge is 2.43. The number of hydrogen-bond donors (Lipinski definition) is 0. The van der Waals surface area contributed by atoms with Gasteiger partial charge in [0.15, 0.2) is 0 Å². The van der Waals surface area contributed by atoms with Crippen LogP contribution in [0.4, 0.5) is 13.2 Å². The molecule has 0 radical (unpaired) electrons. The van der Waals surface area contributed by atoms with Crippen molar-refractivity contribution in [3.8, 4) is 0 Å². The molecular formula is C13H15F3N2O3S. The molecule has 0 aliphatic carbocycles. The number of ether oxygens (including phenoxy) is 1. The number of nitrogens with zero attached hydrogens (tertiary/aromatic N) is 2. The summed E-state index contributed by atoms with van der Waals surface area (Å²) in [5.41, 5.74) is 0. The number of alkyl halides is 3. The van der Waals surface area contributed by atoms with E-state index in [1.807, 2.05) is 4.90 Å². The van der Waals surface area contributed by atoms with Gasteiger partial charge in [-0.25, -0.2) is 4.79 Å². The summed E-state index contributed by atoms with van der Waals surface area (Å²) in [6.45, 7) is 1.32. The van der Waals surface area contributed by atoms with E-state index in [9.17, 15) is 22.8 Å². The first-order valence-electron chi connectivity index (χ1n) is 6.67. The molecule has 1 aromatic heterocycles. The highest BCUT2D eigenvalue weighted by atomic mass is 32.1. The molecule has 0 unspecified atom stereocenters. The molecule has 5 nitrogen and oxygen atoms in total. The Morgan fingerprint density at radius 3 is 2.45 bits per heavy atom. The van der Waals surface area contributed by atoms with E-state index in [0.717, 1.165) is 4.90 Å². The van der Waals surface area contributed by atoms with Gasteiger partial charge in [0.05, 0.1) is 0 Å². The van der Waals surface area contributed by atoms with Gasteiger partial charge in [0, 0.05) is 32.7 Å². The normalized spacial score (nSPS) is 16.6. The lowest BCUT2D eigenvalue weighted by Gasteiger charge is -2.34. The van der Waals surface area contributed by atoms with Crippen LogP contribution in [0.25, 0.3) is 0 Å². The fourth-order valence-corrected chi connectivity index (χ4v) is 2.70. The molecule has 1 amide bonds. The minimum absolute atomic E-state index is 0.0250. The molecule has 0 spiro atoms. The number of carbonyl (C=O) groups excluding carboxylic acids is 2. The number of carbonyl (C=O) groups is 2. The summed E-state index contributed by atoms with van der Waals surface area (Å²) in [6.07, 6.45) is -4.82. The Balaban J connectivity index is 1.68. The molecule has 0 saturated carbocycles. The largest absolute Gasteiger partial charge is 0.471 e. The van der Waals surface area contributed by atoms with E-state index in [4.69, 9.17) is 4.74 Å². The number of rotatable bonds is 4. The van der Waals surface area contributed by atoms with Crippen molar-refractivity contribution in [2.75, 3.05) is 39.3 Å². The fourth-order valence-electron chi connectivity index (χ4n) is 2.09. The van der Waals surface area contributed by atoms with Gasteiger partial charge >= 0.3 is 18.1 Å². The fraction of sp³-hybridized carbons (Fsp3) is 0.538. The molecule has 1 saturated heterocycles. The second-order valence-electron chi connectivity index (χ2n) is 4.74. The number of amides is 1. The third kappa shape index (κ3) is 4.44. The Hall–Kier alpha value is -1.61. The standard InChI is InChI=1S/C13H15F3N2O3S/c14-13(15,16)12(20)18-5-3-17(4-6-18)7-8-21-11(19)10-2-1-9-22-10/h1-2,9H,3-8H2. The molecule has 2 heterocycles. The molecule has 0 atom stereocenters. The average molecular weight is 336 g/mol. The van der Waals surface area contributed by atoms with Crippen molar-refractivity contribution in [2.24, 2.45) is 0 Å². The number of esters is 1. The summed E-state index contributed by atoms with van der Waals surface area (Å²) in [4.78, 5) is 25.8. The molecule has 2 rings (SSSR count). The quantitative estimate of drug-likeness (QED) is 0.784. The Morgan fingerprint density at radius 1 is 1.23 bits per heavy atom. The number of halogens is 3. The number of hydrogen-bond acceptors (Lipinski definition) is 5. The van der Waals surface area contributed by atoms with Crippen LogP contribution in [-0.4, -0.2) is 67.2 Å². The molecule has 1 aliphatic heterocycles. The van der Waals surface area contributed by atoms with Crippen LogP contribution in [0.15, 0.2) is 17.5 Å². The van der Waals surface area contributed by atoms with E-state index in [-0.39, 0.29) is 19.7 Å². The summed E-state index contributed by atoms with van der Waals surface area (Å²) in [5, 5.41) is 1.77. The van der Waals surface area contributed by atoms with E-state index < -0.39 is 18.1 Å². The third-order valence-corrected chi connectivity index (χ3v) is 4.11. The second-order valence-corrected chi connectivity index (χ2v) is 5.69. The van der Waals surface area contributed by atoms with E-state index >= 15 is 0 Å². The van der Waals surface area contributed by atoms with E-state index in [1.165, 1.54) is 11.3 Å². The molecule has 122 valence electrons. The van der Waals surface area contributed by atoms with Crippen LogP contribution in [0.3, 0.4) is 0 Å². The topological polar surface area (TPSA) is 49.9 Å². The zero-order chi connectivity index (χ0) is 16.2. The SMILES string of the molecule is O=C(OCCN1CCN(C(=O)C(F)(F)F)CC1)c1cccs1. The van der Waals surface area contributed by atoms with Gasteiger partial charge in [-0.15, -0.1) is 11.3 Å². The van der Waals surface area contributed by atoms with Gasteiger partial charge in [-0.3, -0.25) is 9.69 Å². The van der Waals surface area contributed by atoms with Gasteiger partial charge in [0.2, 0.25) is 0 Å². The molecule has 9 heteroatoms. The number of piperazine rings is 1. The molecular weight excluding hydrogens is 321 g/mol. The van der Waals surface area contributed by atoms with Crippen molar-refractivity contribution in [1.29, 1.82) is 0 Å². The van der Waals surface area contributed by atoms with Gasteiger partial charge in [-0.2, -0.15) is 13.2 Å². The van der Waals surface area contributed by atoms with E-state index in [0.29, 0.717) is 24.5 Å². The minimum Gasteiger partial charge on any atom is -0.460 e. The predicted molar refractivity (Wildman–Crippen MR) is 73.7 cm³/mol. The van der Waals surface area contributed by atoms with Gasteiger partial charge in [-0.05, 0) is 11.4 Å². The summed E-state index contributed by atoms with van der Waals surface area (Å²) in [7, 11) is 0. The van der Waals surface area contributed by atoms with Crippen LogP contribution in [0.2, 0.25) is 0 Å². The second kappa shape index (κ2) is 7.10. The molecule has 0 aromatic carbocycles. The van der Waals surface area contributed by atoms with Crippen molar-refractivity contribution < 1.29 is 27.5 Å². The monoisotopic (exact) mass is 336 g/mol. The van der Waals surface area contributed by atoms with Crippen LogP contribution < -0.4 is 0 Å². The van der Waals surface area contributed by atoms with Crippen LogP contribution in [0.5, 0.6) is 0 Å². The van der Waals surface area contributed by atoms with Gasteiger partial charge < -0.3 is 9.64 Å². The molecule has 1 aromatic rings. The Bertz CT molecular complexity index is 511. The average Bonchev–Trinajstić information content (AvgIpc) is 3.00. The van der Waals surface area contributed by atoms with E-state index in [1.54, 1.807) is 17.5 Å². The summed E-state index contributed by atoms with van der Waals surface area (Å²) in [5.74, 6) is -2.20. The van der Waals surface area contributed by atoms with E-state index in [2.05, 4.69) is 0 Å². The first-order chi connectivity index (χ1) is 10.4. The highest BCUT2D eigenvalue weighted by Crippen LogP contribution is 2.19. The maximum absolute atomic E-state index is 12.3. The molecule has 0 bridgehead atoms. The molecule has 1 fully saturated rings. The Morgan fingerprint density at radius 2 is 1.91 bits per heavy atom. The summed E-state index contributed by atoms with van der Waals surface area (Å²) >= 11 is 1.28. The lowest BCUT2D eigenvalue weighted by atomic mass is 10.3. The first-order valence-corrected chi connectivity index (χ1v) is 7.55. The molecule has 1 aliphatic rings. The zero-order valence-corrected chi connectivity index (χ0v) is 12.5. The molecule has 22 heavy (non-hydrogen) atoms. The summed E-state index contributed by atoms with van der Waals surface area (Å²) < 4.78 is 42.0. The zero-order valence-electron chi connectivity index (χ0n) is 11.6. The minimum atomic E-state index is -4.82. The Kier molecular flexibility index (Phi) is 5.41. The van der Waals surface area contributed by atoms with Crippen molar-refractivity contribution in [3.05, 3.63) is 22.4 Å². The Labute approximate surface area is 129 Å². The third-order valence-electron chi connectivity index (χ3n) is 3.27.